The molecular formula is C22H29N5O2. The van der Waals surface area contributed by atoms with Crippen molar-refractivity contribution in [1.82, 2.24) is 9.97 Å². The number of aromatic nitrogens is 2. The highest BCUT2D eigenvalue weighted by atomic mass is 16.5. The second-order valence-corrected chi connectivity index (χ2v) is 7.70. The highest BCUT2D eigenvalue weighted by molar-refractivity contribution is 6.05. The Hall–Kier alpha value is -2.67. The zero-order valence-corrected chi connectivity index (χ0v) is 16.8. The molecule has 1 saturated carbocycles. The third kappa shape index (κ3) is 5.23. The molecule has 1 aromatic heterocycles. The van der Waals surface area contributed by atoms with Crippen LogP contribution in [0.1, 0.15) is 48.9 Å². The van der Waals surface area contributed by atoms with E-state index in [1.807, 2.05) is 24.3 Å². The van der Waals surface area contributed by atoms with E-state index in [1.165, 1.54) is 25.7 Å². The maximum absolute atomic E-state index is 12.7. The highest BCUT2D eigenvalue weighted by Crippen LogP contribution is 2.27. The van der Waals surface area contributed by atoms with Crippen LogP contribution in [0, 0.1) is 0 Å². The summed E-state index contributed by atoms with van der Waals surface area (Å²) in [6.45, 7) is 3.03. The van der Waals surface area contributed by atoms with Gasteiger partial charge in [-0.1, -0.05) is 37.8 Å². The summed E-state index contributed by atoms with van der Waals surface area (Å²) in [5.74, 6) is 0.397. The number of nitrogens with one attached hydrogen (secondary N) is 2. The molecule has 0 spiro atoms. The molecule has 0 radical (unpaired) electrons. The Labute approximate surface area is 171 Å². The van der Waals surface area contributed by atoms with Gasteiger partial charge in [0.15, 0.2) is 0 Å². The number of morpholine rings is 1. The lowest BCUT2D eigenvalue weighted by atomic mass is 10.1. The van der Waals surface area contributed by atoms with E-state index in [9.17, 15) is 4.79 Å². The number of nitrogens with zero attached hydrogens (tertiary/aromatic N) is 3. The van der Waals surface area contributed by atoms with Gasteiger partial charge in [0.25, 0.3) is 5.91 Å². The van der Waals surface area contributed by atoms with Crippen molar-refractivity contribution in [3.05, 3.63) is 42.2 Å². The quantitative estimate of drug-likeness (QED) is 0.752. The Morgan fingerprint density at radius 1 is 1.00 bits per heavy atom. The first-order chi connectivity index (χ1) is 14.3. The fourth-order valence-electron chi connectivity index (χ4n) is 3.98. The van der Waals surface area contributed by atoms with E-state index in [2.05, 4.69) is 25.5 Å². The van der Waals surface area contributed by atoms with Crippen molar-refractivity contribution in [2.24, 2.45) is 0 Å². The van der Waals surface area contributed by atoms with Crippen LogP contribution in [-0.2, 0) is 4.74 Å². The minimum atomic E-state index is -0.202. The molecule has 2 aliphatic rings. The van der Waals surface area contributed by atoms with E-state index >= 15 is 0 Å². The first-order valence-corrected chi connectivity index (χ1v) is 10.6. The summed E-state index contributed by atoms with van der Waals surface area (Å²) >= 11 is 0. The third-order valence-corrected chi connectivity index (χ3v) is 5.61. The number of amides is 1. The van der Waals surface area contributed by atoms with E-state index in [0.717, 1.165) is 37.3 Å². The summed E-state index contributed by atoms with van der Waals surface area (Å²) in [6, 6.07) is 8.29. The number of ether oxygens (including phenoxy) is 1. The van der Waals surface area contributed by atoms with Gasteiger partial charge in [0.05, 0.1) is 30.2 Å². The lowest BCUT2D eigenvalue weighted by Crippen LogP contribution is -2.36. The van der Waals surface area contributed by atoms with Crippen molar-refractivity contribution in [3.8, 4) is 0 Å². The molecule has 0 unspecified atom stereocenters. The average Bonchev–Trinajstić information content (AvgIpc) is 3.04. The van der Waals surface area contributed by atoms with Crippen LogP contribution in [0.5, 0.6) is 0 Å². The summed E-state index contributed by atoms with van der Waals surface area (Å²) in [4.78, 5) is 23.7. The Kier molecular flexibility index (Phi) is 6.56. The predicted molar refractivity (Wildman–Crippen MR) is 115 cm³/mol. The zero-order valence-electron chi connectivity index (χ0n) is 16.8. The predicted octanol–water partition coefficient (Wildman–Crippen LogP) is 3.70. The SMILES string of the molecule is O=C(Nc1ccccc1N1CCOCC1)c1cnc(NC2CCCCCC2)nc1. The second-order valence-electron chi connectivity index (χ2n) is 7.70. The van der Waals surface area contributed by atoms with Gasteiger partial charge in [-0.2, -0.15) is 0 Å². The number of carbonyl (C=O) groups excluding carboxylic acids is 1. The molecule has 1 amide bonds. The molecule has 1 aromatic carbocycles. The zero-order chi connectivity index (χ0) is 19.9. The standard InChI is InChI=1S/C22H29N5O2/c28-21(26-19-9-5-6-10-20(19)27-11-13-29-14-12-27)17-15-23-22(24-16-17)25-18-7-3-1-2-4-8-18/h5-6,9-10,15-16,18H,1-4,7-8,11-14H2,(H,26,28)(H,23,24,25). The van der Waals surface area contributed by atoms with E-state index in [4.69, 9.17) is 4.74 Å². The van der Waals surface area contributed by atoms with Gasteiger partial charge >= 0.3 is 0 Å². The molecule has 1 aliphatic carbocycles. The molecule has 2 fully saturated rings. The minimum Gasteiger partial charge on any atom is -0.378 e. The van der Waals surface area contributed by atoms with Crippen LogP contribution in [0.25, 0.3) is 0 Å². The number of carbonyl (C=O) groups is 1. The third-order valence-electron chi connectivity index (χ3n) is 5.61. The summed E-state index contributed by atoms with van der Waals surface area (Å²) in [6.07, 6.45) is 10.6. The van der Waals surface area contributed by atoms with Gasteiger partial charge in [0.1, 0.15) is 0 Å². The van der Waals surface area contributed by atoms with Gasteiger partial charge in [-0.25, -0.2) is 9.97 Å². The lowest BCUT2D eigenvalue weighted by molar-refractivity contribution is 0.102. The second kappa shape index (κ2) is 9.69. The van der Waals surface area contributed by atoms with E-state index in [0.29, 0.717) is 30.8 Å². The molecule has 7 heteroatoms. The van der Waals surface area contributed by atoms with E-state index in [-0.39, 0.29) is 5.91 Å². The van der Waals surface area contributed by atoms with E-state index in [1.54, 1.807) is 12.4 Å². The molecule has 1 aliphatic heterocycles. The molecule has 29 heavy (non-hydrogen) atoms. The molecule has 1 saturated heterocycles. The normalized spacial score (nSPS) is 18.1. The molecule has 7 nitrogen and oxygen atoms in total. The molecule has 4 rings (SSSR count). The summed E-state index contributed by atoms with van der Waals surface area (Å²) in [5, 5.41) is 6.43. The van der Waals surface area contributed by atoms with Gasteiger partial charge in [-0.3, -0.25) is 4.79 Å². The van der Waals surface area contributed by atoms with Crippen LogP contribution >= 0.6 is 0 Å². The Balaban J connectivity index is 1.40. The van der Waals surface area contributed by atoms with Crippen LogP contribution in [0.3, 0.4) is 0 Å². The maximum Gasteiger partial charge on any atom is 0.258 e. The number of para-hydroxylation sites is 2. The number of anilines is 3. The number of hydrogen-bond acceptors (Lipinski definition) is 6. The summed E-state index contributed by atoms with van der Waals surface area (Å²) in [7, 11) is 0. The average molecular weight is 396 g/mol. The van der Waals surface area contributed by atoms with Crippen LogP contribution in [0.2, 0.25) is 0 Å². The molecule has 0 bridgehead atoms. The van der Waals surface area contributed by atoms with Crippen molar-refractivity contribution in [2.75, 3.05) is 41.8 Å². The van der Waals surface area contributed by atoms with Crippen molar-refractivity contribution in [3.63, 3.8) is 0 Å². The Morgan fingerprint density at radius 3 is 2.41 bits per heavy atom. The van der Waals surface area contributed by atoms with Crippen molar-refractivity contribution < 1.29 is 9.53 Å². The fraction of sp³-hybridized carbons (Fsp3) is 0.500. The number of rotatable bonds is 5. The number of benzene rings is 1. The first kappa shape index (κ1) is 19.6. The molecule has 2 aromatic rings. The van der Waals surface area contributed by atoms with Gasteiger partial charge in [-0.15, -0.1) is 0 Å². The largest absolute Gasteiger partial charge is 0.378 e. The monoisotopic (exact) mass is 395 g/mol. The van der Waals surface area contributed by atoms with E-state index < -0.39 is 0 Å². The highest BCUT2D eigenvalue weighted by Gasteiger charge is 2.17. The molecular weight excluding hydrogens is 366 g/mol. The smallest absolute Gasteiger partial charge is 0.258 e. The summed E-state index contributed by atoms with van der Waals surface area (Å²) < 4.78 is 5.43. The van der Waals surface area contributed by atoms with Gasteiger partial charge < -0.3 is 20.3 Å². The van der Waals surface area contributed by atoms with Crippen molar-refractivity contribution in [2.45, 2.75) is 44.6 Å². The van der Waals surface area contributed by atoms with Crippen molar-refractivity contribution >= 4 is 23.2 Å². The molecule has 154 valence electrons. The van der Waals surface area contributed by atoms with Crippen molar-refractivity contribution in [1.29, 1.82) is 0 Å². The molecule has 0 atom stereocenters. The Morgan fingerprint density at radius 2 is 1.69 bits per heavy atom. The van der Waals surface area contributed by atoms with Crippen LogP contribution in [0.4, 0.5) is 17.3 Å². The lowest BCUT2D eigenvalue weighted by Gasteiger charge is -2.30. The van der Waals surface area contributed by atoms with Crippen LogP contribution in [0.15, 0.2) is 36.7 Å². The maximum atomic E-state index is 12.7. The Bertz CT molecular complexity index is 797. The fourth-order valence-corrected chi connectivity index (χ4v) is 3.98. The first-order valence-electron chi connectivity index (χ1n) is 10.6. The molecule has 2 heterocycles. The number of hydrogen-bond donors (Lipinski definition) is 2. The molecule has 2 N–H and O–H groups in total. The topological polar surface area (TPSA) is 79.4 Å². The van der Waals surface area contributed by atoms with Gasteiger partial charge in [-0.05, 0) is 25.0 Å². The minimum absolute atomic E-state index is 0.202. The van der Waals surface area contributed by atoms with Crippen LogP contribution in [-0.4, -0.2) is 48.2 Å². The van der Waals surface area contributed by atoms with Gasteiger partial charge in [0, 0.05) is 31.5 Å². The summed E-state index contributed by atoms with van der Waals surface area (Å²) in [5.41, 5.74) is 2.25. The van der Waals surface area contributed by atoms with Gasteiger partial charge in [0.2, 0.25) is 5.95 Å². The van der Waals surface area contributed by atoms with Crippen LogP contribution < -0.4 is 15.5 Å².